The van der Waals surface area contributed by atoms with Crippen molar-refractivity contribution in [1.82, 2.24) is 5.32 Å². The van der Waals surface area contributed by atoms with Crippen LogP contribution in [0.15, 0.2) is 24.3 Å². The lowest BCUT2D eigenvalue weighted by Gasteiger charge is -2.36. The summed E-state index contributed by atoms with van der Waals surface area (Å²) in [5.41, 5.74) is 1.13. The Hall–Kier alpha value is -0.683. The standard InChI is InChI=1S/C16H27NO2Si/c1-20(2,3)15-6-4-14(5-7-15)12-17-16(13-18)8-10-19-11-9-16/h4-7,17-18H,8-13H2,1-3H3. The summed E-state index contributed by atoms with van der Waals surface area (Å²) in [5, 5.41) is 14.7. The molecule has 0 unspecified atom stereocenters. The van der Waals surface area contributed by atoms with Crippen LogP contribution in [0.25, 0.3) is 0 Å². The van der Waals surface area contributed by atoms with Gasteiger partial charge in [0.05, 0.1) is 14.7 Å². The third-order valence-electron chi connectivity index (χ3n) is 4.24. The Labute approximate surface area is 123 Å². The van der Waals surface area contributed by atoms with E-state index >= 15 is 0 Å². The average molecular weight is 293 g/mol. The van der Waals surface area contributed by atoms with E-state index in [1.807, 2.05) is 0 Å². The summed E-state index contributed by atoms with van der Waals surface area (Å²) in [6, 6.07) is 8.95. The molecule has 0 amide bonds. The van der Waals surface area contributed by atoms with E-state index in [1.54, 1.807) is 0 Å². The molecule has 0 radical (unpaired) electrons. The zero-order valence-electron chi connectivity index (χ0n) is 12.9. The van der Waals surface area contributed by atoms with Gasteiger partial charge in [0, 0.05) is 25.3 Å². The fourth-order valence-electron chi connectivity index (χ4n) is 2.57. The Morgan fingerprint density at radius 1 is 1.15 bits per heavy atom. The topological polar surface area (TPSA) is 41.5 Å². The first-order valence-electron chi connectivity index (χ1n) is 7.48. The van der Waals surface area contributed by atoms with Crippen molar-refractivity contribution in [3.63, 3.8) is 0 Å². The van der Waals surface area contributed by atoms with Crippen LogP contribution in [-0.2, 0) is 11.3 Å². The molecule has 0 atom stereocenters. The monoisotopic (exact) mass is 293 g/mol. The van der Waals surface area contributed by atoms with Crippen molar-refractivity contribution < 1.29 is 9.84 Å². The van der Waals surface area contributed by atoms with Crippen molar-refractivity contribution in [3.8, 4) is 0 Å². The van der Waals surface area contributed by atoms with Gasteiger partial charge >= 0.3 is 0 Å². The van der Waals surface area contributed by atoms with Crippen LogP contribution in [0.3, 0.4) is 0 Å². The van der Waals surface area contributed by atoms with Crippen LogP contribution < -0.4 is 10.5 Å². The van der Waals surface area contributed by atoms with E-state index in [0.29, 0.717) is 0 Å². The molecule has 1 aliphatic heterocycles. The summed E-state index contributed by atoms with van der Waals surface area (Å²) < 4.78 is 5.39. The molecule has 2 N–H and O–H groups in total. The number of aliphatic hydroxyl groups excluding tert-OH is 1. The van der Waals surface area contributed by atoms with Gasteiger partial charge in [-0.1, -0.05) is 49.1 Å². The number of hydrogen-bond donors (Lipinski definition) is 2. The molecule has 1 fully saturated rings. The van der Waals surface area contributed by atoms with E-state index in [4.69, 9.17) is 4.74 Å². The lowest BCUT2D eigenvalue weighted by Crippen LogP contribution is -2.51. The number of hydrogen-bond acceptors (Lipinski definition) is 3. The summed E-state index contributed by atoms with van der Waals surface area (Å²) in [5.74, 6) is 0. The Bertz CT molecular complexity index is 419. The van der Waals surface area contributed by atoms with Gasteiger partial charge in [-0.2, -0.15) is 0 Å². The van der Waals surface area contributed by atoms with E-state index in [1.165, 1.54) is 10.8 Å². The summed E-state index contributed by atoms with van der Waals surface area (Å²) in [6.07, 6.45) is 1.77. The normalized spacial score (nSPS) is 19.0. The molecule has 0 aliphatic carbocycles. The van der Waals surface area contributed by atoms with Crippen LogP contribution >= 0.6 is 0 Å². The Kier molecular flexibility index (Phi) is 5.02. The molecule has 0 spiro atoms. The second kappa shape index (κ2) is 6.39. The van der Waals surface area contributed by atoms with Gasteiger partial charge in [0.25, 0.3) is 0 Å². The van der Waals surface area contributed by atoms with Gasteiger partial charge in [-0.05, 0) is 18.4 Å². The minimum atomic E-state index is -1.21. The molecule has 3 nitrogen and oxygen atoms in total. The fraction of sp³-hybridized carbons (Fsp3) is 0.625. The highest BCUT2D eigenvalue weighted by Crippen LogP contribution is 2.20. The number of aliphatic hydroxyl groups is 1. The molecule has 1 aliphatic rings. The highest BCUT2D eigenvalue weighted by atomic mass is 28.3. The van der Waals surface area contributed by atoms with E-state index in [9.17, 15) is 5.11 Å². The van der Waals surface area contributed by atoms with Crippen molar-refractivity contribution in [2.45, 2.75) is 44.6 Å². The molecule has 1 aromatic rings. The number of nitrogens with one attached hydrogen (secondary N) is 1. The SMILES string of the molecule is C[Si](C)(C)c1ccc(CNC2(CO)CCOCC2)cc1. The Morgan fingerprint density at radius 3 is 2.25 bits per heavy atom. The minimum absolute atomic E-state index is 0.157. The first-order chi connectivity index (χ1) is 9.45. The lowest BCUT2D eigenvalue weighted by atomic mass is 9.91. The molecular weight excluding hydrogens is 266 g/mol. The highest BCUT2D eigenvalue weighted by Gasteiger charge is 2.31. The van der Waals surface area contributed by atoms with Gasteiger partial charge in [0.2, 0.25) is 0 Å². The number of rotatable bonds is 5. The first kappa shape index (κ1) is 15.7. The van der Waals surface area contributed by atoms with Crippen LogP contribution in [0.5, 0.6) is 0 Å². The van der Waals surface area contributed by atoms with Gasteiger partial charge in [0.1, 0.15) is 0 Å². The van der Waals surface area contributed by atoms with Crippen LogP contribution in [0.4, 0.5) is 0 Å². The largest absolute Gasteiger partial charge is 0.394 e. The Balaban J connectivity index is 1.96. The Morgan fingerprint density at radius 2 is 1.75 bits per heavy atom. The molecule has 1 aromatic carbocycles. The maximum absolute atomic E-state index is 9.66. The second-order valence-corrected chi connectivity index (χ2v) is 11.9. The molecule has 0 aromatic heterocycles. The smallest absolute Gasteiger partial charge is 0.0775 e. The maximum Gasteiger partial charge on any atom is 0.0775 e. The summed E-state index contributed by atoms with van der Waals surface area (Å²) in [4.78, 5) is 0. The minimum Gasteiger partial charge on any atom is -0.394 e. The van der Waals surface area contributed by atoms with Crippen molar-refractivity contribution in [1.29, 1.82) is 0 Å². The summed E-state index contributed by atoms with van der Waals surface area (Å²) >= 11 is 0. The molecule has 4 heteroatoms. The quantitative estimate of drug-likeness (QED) is 0.814. The van der Waals surface area contributed by atoms with Gasteiger partial charge < -0.3 is 15.2 Å². The van der Waals surface area contributed by atoms with Crippen molar-refractivity contribution in [3.05, 3.63) is 29.8 Å². The van der Waals surface area contributed by atoms with E-state index in [0.717, 1.165) is 32.6 Å². The van der Waals surface area contributed by atoms with E-state index < -0.39 is 8.07 Å². The predicted octanol–water partition coefficient (Wildman–Crippen LogP) is 1.86. The molecule has 112 valence electrons. The molecule has 0 bridgehead atoms. The summed E-state index contributed by atoms with van der Waals surface area (Å²) in [6.45, 7) is 9.56. The van der Waals surface area contributed by atoms with Crippen molar-refractivity contribution >= 4 is 13.3 Å². The van der Waals surface area contributed by atoms with Gasteiger partial charge in [-0.25, -0.2) is 0 Å². The van der Waals surface area contributed by atoms with Gasteiger partial charge in [-0.3, -0.25) is 0 Å². The van der Waals surface area contributed by atoms with Gasteiger partial charge in [-0.15, -0.1) is 0 Å². The van der Waals surface area contributed by atoms with Crippen LogP contribution in [0.1, 0.15) is 18.4 Å². The first-order valence-corrected chi connectivity index (χ1v) is 11.0. The van der Waals surface area contributed by atoms with Crippen molar-refractivity contribution in [2.75, 3.05) is 19.8 Å². The predicted molar refractivity (Wildman–Crippen MR) is 86.1 cm³/mol. The molecule has 1 heterocycles. The zero-order valence-corrected chi connectivity index (χ0v) is 13.9. The average Bonchev–Trinajstić information content (AvgIpc) is 2.46. The molecule has 2 rings (SSSR count). The summed E-state index contributed by atoms with van der Waals surface area (Å²) in [7, 11) is -1.21. The van der Waals surface area contributed by atoms with Crippen LogP contribution in [0, 0.1) is 0 Å². The highest BCUT2D eigenvalue weighted by molar-refractivity contribution is 6.88. The maximum atomic E-state index is 9.66. The van der Waals surface area contributed by atoms with E-state index in [2.05, 4.69) is 49.2 Å². The molecule has 20 heavy (non-hydrogen) atoms. The zero-order chi connectivity index (χ0) is 14.6. The van der Waals surface area contributed by atoms with Crippen molar-refractivity contribution in [2.24, 2.45) is 0 Å². The lowest BCUT2D eigenvalue weighted by molar-refractivity contribution is 0.0112. The molecule has 0 saturated carbocycles. The van der Waals surface area contributed by atoms with Gasteiger partial charge in [0.15, 0.2) is 0 Å². The number of ether oxygens (including phenoxy) is 1. The second-order valence-electron chi connectivity index (χ2n) is 6.85. The van der Waals surface area contributed by atoms with Crippen LogP contribution in [-0.4, -0.2) is 38.5 Å². The molecular formula is C16H27NO2Si. The van der Waals surface area contributed by atoms with E-state index in [-0.39, 0.29) is 12.1 Å². The fourth-order valence-corrected chi connectivity index (χ4v) is 3.73. The third-order valence-corrected chi connectivity index (χ3v) is 6.31. The van der Waals surface area contributed by atoms with Crippen LogP contribution in [0.2, 0.25) is 19.6 Å². The third kappa shape index (κ3) is 3.91. The number of benzene rings is 1. The molecule has 1 saturated heterocycles.